The Labute approximate surface area is 112 Å². The summed E-state index contributed by atoms with van der Waals surface area (Å²) in [4.78, 5) is 0.212. The quantitative estimate of drug-likeness (QED) is 0.935. The third kappa shape index (κ3) is 3.62. The highest BCUT2D eigenvalue weighted by Crippen LogP contribution is 2.11. The van der Waals surface area contributed by atoms with Gasteiger partial charge in [-0.2, -0.15) is 0 Å². The number of benzene rings is 2. The fraction of sp³-hybridized carbons (Fsp3) is 0.143. The van der Waals surface area contributed by atoms with Crippen molar-refractivity contribution in [2.45, 2.75) is 18.4 Å². The second-order valence-corrected chi connectivity index (χ2v) is 6.04. The van der Waals surface area contributed by atoms with E-state index in [1.807, 2.05) is 13.0 Å². The van der Waals surface area contributed by atoms with Crippen LogP contribution in [-0.4, -0.2) is 8.42 Å². The van der Waals surface area contributed by atoms with Crippen LogP contribution in [0, 0.1) is 12.7 Å². The van der Waals surface area contributed by atoms with Gasteiger partial charge in [0.05, 0.1) is 4.90 Å². The van der Waals surface area contributed by atoms with E-state index in [1.54, 1.807) is 24.3 Å². The summed E-state index contributed by atoms with van der Waals surface area (Å²) in [6, 6.07) is 12.5. The highest BCUT2D eigenvalue weighted by atomic mass is 32.2. The number of sulfonamides is 1. The zero-order valence-corrected chi connectivity index (χ0v) is 11.2. The number of halogens is 1. The van der Waals surface area contributed by atoms with Gasteiger partial charge in [0.1, 0.15) is 5.82 Å². The van der Waals surface area contributed by atoms with Crippen molar-refractivity contribution in [1.82, 2.24) is 4.72 Å². The minimum atomic E-state index is -3.57. The third-order valence-corrected chi connectivity index (χ3v) is 4.05. The van der Waals surface area contributed by atoms with Crippen LogP contribution in [0.1, 0.15) is 11.1 Å². The highest BCUT2D eigenvalue weighted by Gasteiger charge is 2.13. The van der Waals surface area contributed by atoms with E-state index in [-0.39, 0.29) is 17.3 Å². The SMILES string of the molecule is Cc1cccc(S(=O)(=O)NCc2cccc(F)c2)c1. The number of rotatable bonds is 4. The van der Waals surface area contributed by atoms with E-state index in [4.69, 9.17) is 0 Å². The Morgan fingerprint density at radius 1 is 1.11 bits per heavy atom. The molecule has 5 heteroatoms. The minimum absolute atomic E-state index is 0.0635. The molecule has 0 heterocycles. The van der Waals surface area contributed by atoms with Crippen LogP contribution in [0.15, 0.2) is 53.4 Å². The van der Waals surface area contributed by atoms with Gasteiger partial charge in [0, 0.05) is 6.54 Å². The Morgan fingerprint density at radius 2 is 1.84 bits per heavy atom. The van der Waals surface area contributed by atoms with E-state index in [2.05, 4.69) is 4.72 Å². The lowest BCUT2D eigenvalue weighted by Crippen LogP contribution is -2.23. The molecular weight excluding hydrogens is 265 g/mol. The first-order valence-electron chi connectivity index (χ1n) is 5.78. The van der Waals surface area contributed by atoms with Crippen LogP contribution < -0.4 is 4.72 Å². The molecular formula is C14H14FNO2S. The Kier molecular flexibility index (Phi) is 3.97. The van der Waals surface area contributed by atoms with Gasteiger partial charge in [0.25, 0.3) is 0 Å². The molecule has 0 aromatic heterocycles. The molecule has 19 heavy (non-hydrogen) atoms. The molecule has 0 fully saturated rings. The number of nitrogens with one attached hydrogen (secondary N) is 1. The molecule has 0 aliphatic carbocycles. The Hall–Kier alpha value is -1.72. The van der Waals surface area contributed by atoms with Crippen molar-refractivity contribution in [2.24, 2.45) is 0 Å². The lowest BCUT2D eigenvalue weighted by Gasteiger charge is -2.07. The summed E-state index contributed by atoms with van der Waals surface area (Å²) in [6.45, 7) is 1.89. The molecule has 0 saturated carbocycles. The fourth-order valence-corrected chi connectivity index (χ4v) is 2.81. The topological polar surface area (TPSA) is 46.2 Å². The Bertz CT molecular complexity index is 683. The molecule has 100 valence electrons. The summed E-state index contributed by atoms with van der Waals surface area (Å²) < 4.78 is 39.5. The molecule has 1 N–H and O–H groups in total. The summed E-state index contributed by atoms with van der Waals surface area (Å²) in [5.74, 6) is -0.382. The monoisotopic (exact) mass is 279 g/mol. The van der Waals surface area contributed by atoms with E-state index < -0.39 is 10.0 Å². The van der Waals surface area contributed by atoms with Crippen molar-refractivity contribution in [3.05, 3.63) is 65.5 Å². The molecule has 0 unspecified atom stereocenters. The molecule has 0 aliphatic rings. The predicted molar refractivity (Wildman–Crippen MR) is 71.6 cm³/mol. The van der Waals surface area contributed by atoms with E-state index >= 15 is 0 Å². The van der Waals surface area contributed by atoms with Crippen molar-refractivity contribution < 1.29 is 12.8 Å². The maximum Gasteiger partial charge on any atom is 0.240 e. The first-order valence-corrected chi connectivity index (χ1v) is 7.26. The van der Waals surface area contributed by atoms with E-state index in [9.17, 15) is 12.8 Å². The van der Waals surface area contributed by atoms with Crippen LogP contribution in [0.5, 0.6) is 0 Å². The molecule has 0 amide bonds. The maximum atomic E-state index is 13.0. The molecule has 0 bridgehead atoms. The Morgan fingerprint density at radius 3 is 2.53 bits per heavy atom. The molecule has 0 radical (unpaired) electrons. The van der Waals surface area contributed by atoms with Crippen molar-refractivity contribution in [2.75, 3.05) is 0 Å². The van der Waals surface area contributed by atoms with Crippen molar-refractivity contribution in [3.8, 4) is 0 Å². The largest absolute Gasteiger partial charge is 0.240 e. The van der Waals surface area contributed by atoms with Gasteiger partial charge in [-0.05, 0) is 42.3 Å². The number of hydrogen-bond donors (Lipinski definition) is 1. The maximum absolute atomic E-state index is 13.0. The van der Waals surface area contributed by atoms with Crippen LogP contribution in [0.2, 0.25) is 0 Å². The van der Waals surface area contributed by atoms with Crippen LogP contribution >= 0.6 is 0 Å². The van der Waals surface area contributed by atoms with Crippen molar-refractivity contribution in [3.63, 3.8) is 0 Å². The van der Waals surface area contributed by atoms with Crippen LogP contribution in [-0.2, 0) is 16.6 Å². The zero-order valence-electron chi connectivity index (χ0n) is 10.4. The van der Waals surface area contributed by atoms with E-state index in [1.165, 1.54) is 18.2 Å². The molecule has 0 aliphatic heterocycles. The molecule has 2 rings (SSSR count). The first-order chi connectivity index (χ1) is 8.97. The summed E-state index contributed by atoms with van der Waals surface area (Å²) >= 11 is 0. The number of hydrogen-bond acceptors (Lipinski definition) is 2. The second kappa shape index (κ2) is 5.50. The first kappa shape index (κ1) is 13.7. The predicted octanol–water partition coefficient (Wildman–Crippen LogP) is 2.61. The number of aryl methyl sites for hydroxylation is 1. The molecule has 2 aromatic carbocycles. The fourth-order valence-electron chi connectivity index (χ4n) is 1.69. The molecule has 2 aromatic rings. The summed E-state index contributed by atoms with van der Waals surface area (Å²) in [6.07, 6.45) is 0. The summed E-state index contributed by atoms with van der Waals surface area (Å²) in [5, 5.41) is 0. The molecule has 0 atom stereocenters. The van der Waals surface area contributed by atoms with Gasteiger partial charge in [-0.3, -0.25) is 0 Å². The zero-order chi connectivity index (χ0) is 13.9. The van der Waals surface area contributed by atoms with Gasteiger partial charge < -0.3 is 0 Å². The lowest BCUT2D eigenvalue weighted by atomic mass is 10.2. The average Bonchev–Trinajstić information content (AvgIpc) is 2.37. The van der Waals surface area contributed by atoms with Gasteiger partial charge in [-0.15, -0.1) is 0 Å². The van der Waals surface area contributed by atoms with Gasteiger partial charge in [0.2, 0.25) is 10.0 Å². The molecule has 0 spiro atoms. The highest BCUT2D eigenvalue weighted by molar-refractivity contribution is 7.89. The van der Waals surface area contributed by atoms with Crippen molar-refractivity contribution >= 4 is 10.0 Å². The minimum Gasteiger partial charge on any atom is -0.207 e. The van der Waals surface area contributed by atoms with Gasteiger partial charge in [-0.25, -0.2) is 17.5 Å². The van der Waals surface area contributed by atoms with Gasteiger partial charge >= 0.3 is 0 Å². The van der Waals surface area contributed by atoms with Gasteiger partial charge in [-0.1, -0.05) is 24.3 Å². The molecule has 0 saturated heterocycles. The second-order valence-electron chi connectivity index (χ2n) is 4.27. The Balaban J connectivity index is 2.14. The molecule has 3 nitrogen and oxygen atoms in total. The van der Waals surface area contributed by atoms with Crippen LogP contribution in [0.25, 0.3) is 0 Å². The van der Waals surface area contributed by atoms with Crippen LogP contribution in [0.3, 0.4) is 0 Å². The van der Waals surface area contributed by atoms with Crippen molar-refractivity contribution in [1.29, 1.82) is 0 Å². The average molecular weight is 279 g/mol. The third-order valence-electron chi connectivity index (χ3n) is 2.66. The summed E-state index contributed by atoms with van der Waals surface area (Å²) in [7, 11) is -3.57. The summed E-state index contributed by atoms with van der Waals surface area (Å²) in [5.41, 5.74) is 1.45. The normalized spacial score (nSPS) is 11.5. The smallest absolute Gasteiger partial charge is 0.207 e. The van der Waals surface area contributed by atoms with Gasteiger partial charge in [0.15, 0.2) is 0 Å². The van der Waals surface area contributed by atoms with E-state index in [0.717, 1.165) is 5.56 Å². The lowest BCUT2D eigenvalue weighted by molar-refractivity contribution is 0.580. The van der Waals surface area contributed by atoms with E-state index in [0.29, 0.717) is 5.56 Å². The van der Waals surface area contributed by atoms with Crippen LogP contribution in [0.4, 0.5) is 4.39 Å². The standard InChI is InChI=1S/C14H14FNO2S/c1-11-4-2-7-14(8-11)19(17,18)16-10-12-5-3-6-13(15)9-12/h2-9,16H,10H2,1H3.